The van der Waals surface area contributed by atoms with Gasteiger partial charge in [-0.05, 0) is 6.92 Å². The topological polar surface area (TPSA) is 265 Å². The molecule has 0 radical (unpaired) electrons. The van der Waals surface area contributed by atoms with E-state index in [1.807, 2.05) is 0 Å². The van der Waals surface area contributed by atoms with Gasteiger partial charge in [0.05, 0.1) is 19.0 Å². The van der Waals surface area contributed by atoms with Crippen molar-refractivity contribution in [1.82, 2.24) is 19.5 Å². The normalized spacial score (nSPS) is 25.1. The van der Waals surface area contributed by atoms with Crippen LogP contribution in [-0.4, -0.2) is 69.6 Å². The van der Waals surface area contributed by atoms with E-state index in [-0.39, 0.29) is 23.5 Å². The van der Waals surface area contributed by atoms with Gasteiger partial charge < -0.3 is 34.7 Å². The molecule has 2 aromatic rings. The molecule has 7 N–H and O–H groups in total. The van der Waals surface area contributed by atoms with Gasteiger partial charge in [-0.15, -0.1) is 0 Å². The molecule has 0 aromatic carbocycles. The van der Waals surface area contributed by atoms with Crippen LogP contribution >= 0.6 is 23.5 Å². The van der Waals surface area contributed by atoms with Crippen LogP contribution in [0.15, 0.2) is 11.1 Å². The number of aromatic amines is 1. The molecule has 33 heavy (non-hydrogen) atoms. The van der Waals surface area contributed by atoms with Crippen LogP contribution in [0.5, 0.6) is 0 Å². The molecule has 3 heterocycles. The van der Waals surface area contributed by atoms with Crippen LogP contribution in [0.2, 0.25) is 0 Å². The maximum Gasteiger partial charge on any atom is 0.490 e. The molecule has 1 aliphatic heterocycles. The predicted molar refractivity (Wildman–Crippen MR) is 107 cm³/mol. The van der Waals surface area contributed by atoms with E-state index >= 15 is 0 Å². The monoisotopic (exact) mass is 535 g/mol. The number of imidazole rings is 1. The molecule has 2 unspecified atom stereocenters. The van der Waals surface area contributed by atoms with E-state index in [1.165, 1.54) is 10.9 Å². The number of H-pyrrole nitrogens is 1. The molecule has 18 nitrogen and oxygen atoms in total. The summed E-state index contributed by atoms with van der Waals surface area (Å²) in [5, 5.41) is 13.1. The minimum atomic E-state index is -5.67. The Morgan fingerprint density at radius 2 is 1.94 bits per heavy atom. The first kappa shape index (κ1) is 26.1. The lowest BCUT2D eigenvalue weighted by molar-refractivity contribution is -0.0423. The summed E-state index contributed by atoms with van der Waals surface area (Å²) in [7, 11) is -16.6. The predicted octanol–water partition coefficient (Wildman–Crippen LogP) is -0.457. The van der Waals surface area contributed by atoms with Crippen molar-refractivity contribution in [1.29, 1.82) is 0 Å². The number of nitrogens with zero attached hydrogens (tertiary/aromatic N) is 3. The smallest absolute Gasteiger partial charge is 0.390 e. The zero-order chi connectivity index (χ0) is 24.6. The molecule has 3 rings (SSSR count). The molecular formula is C12H20N5O13P3. The Labute approximate surface area is 184 Å². The molecule has 1 saturated heterocycles. The molecular weight excluding hydrogens is 515 g/mol. The number of rotatable bonds is 10. The molecule has 1 fully saturated rings. The van der Waals surface area contributed by atoms with Gasteiger partial charge in [0.15, 0.2) is 11.2 Å². The zero-order valence-electron chi connectivity index (χ0n) is 16.6. The Balaban J connectivity index is 1.69. The molecule has 0 saturated carbocycles. The highest BCUT2D eigenvalue weighted by Gasteiger charge is 2.43. The Kier molecular flexibility index (Phi) is 7.60. The summed E-state index contributed by atoms with van der Waals surface area (Å²) in [5.74, 6) is 0.180. The average molecular weight is 535 g/mol. The third-order valence-electron chi connectivity index (χ3n) is 4.11. The van der Waals surface area contributed by atoms with Crippen molar-refractivity contribution in [3.63, 3.8) is 0 Å². The summed E-state index contributed by atoms with van der Waals surface area (Å²) in [4.78, 5) is 58.6. The van der Waals surface area contributed by atoms with Gasteiger partial charge in [-0.25, -0.2) is 18.7 Å². The minimum absolute atomic E-state index is 0.00598. The highest BCUT2D eigenvalue weighted by Crippen LogP contribution is 2.66. The number of aromatic nitrogens is 4. The summed E-state index contributed by atoms with van der Waals surface area (Å²) in [5.41, 5.74) is -0.371. The lowest BCUT2D eigenvalue weighted by Gasteiger charge is -2.19. The number of ether oxygens (including phenoxy) is 1. The fourth-order valence-corrected chi connectivity index (χ4v) is 5.92. The maximum absolute atomic E-state index is 12.1. The molecule has 1 aliphatic rings. The molecule has 0 bridgehead atoms. The number of phosphoric acid groups is 3. The highest BCUT2D eigenvalue weighted by atomic mass is 31.3. The van der Waals surface area contributed by atoms with E-state index in [0.717, 1.165) is 0 Å². The molecule has 0 aliphatic carbocycles. The second-order valence-corrected chi connectivity index (χ2v) is 11.0. The number of hydrogen-bond donors (Lipinski definition) is 7. The lowest BCUT2D eigenvalue weighted by Crippen LogP contribution is -2.26. The van der Waals surface area contributed by atoms with Crippen LogP contribution in [0.4, 0.5) is 5.95 Å². The van der Waals surface area contributed by atoms with Crippen LogP contribution in [-0.2, 0) is 31.6 Å². The Morgan fingerprint density at radius 1 is 1.24 bits per heavy atom. The average Bonchev–Trinajstić information content (AvgIpc) is 3.21. The number of aliphatic hydroxyl groups excluding tert-OH is 1. The largest absolute Gasteiger partial charge is 0.490 e. The SMILES string of the molecule is CCNc1nc2c(ncn2[C@H]2C[C@H](O)[C@@H](COP(=O)(O)OP(=O)(O)OP(=O)(O)O)O2)c(=O)[nH]1. The Bertz CT molecular complexity index is 1210. The van der Waals surface area contributed by atoms with Gasteiger partial charge in [0.25, 0.3) is 5.56 Å². The van der Waals surface area contributed by atoms with E-state index in [1.54, 1.807) is 6.92 Å². The first-order valence-corrected chi connectivity index (χ1v) is 13.5. The molecule has 186 valence electrons. The van der Waals surface area contributed by atoms with Gasteiger partial charge in [-0.1, -0.05) is 0 Å². The molecule has 0 amide bonds. The van der Waals surface area contributed by atoms with Crippen molar-refractivity contribution < 1.29 is 56.3 Å². The third-order valence-corrected chi connectivity index (χ3v) is 7.91. The summed E-state index contributed by atoms with van der Waals surface area (Å²) in [6, 6.07) is 0. The molecule has 21 heteroatoms. The first-order valence-electron chi connectivity index (χ1n) is 9.02. The minimum Gasteiger partial charge on any atom is -0.390 e. The van der Waals surface area contributed by atoms with Crippen LogP contribution in [0.25, 0.3) is 11.2 Å². The van der Waals surface area contributed by atoms with Crippen LogP contribution in [0, 0.1) is 0 Å². The van der Waals surface area contributed by atoms with E-state index in [0.29, 0.717) is 6.54 Å². The molecule has 0 spiro atoms. The van der Waals surface area contributed by atoms with E-state index in [2.05, 4.69) is 33.4 Å². The first-order chi connectivity index (χ1) is 15.2. The van der Waals surface area contributed by atoms with Crippen LogP contribution < -0.4 is 10.9 Å². The van der Waals surface area contributed by atoms with E-state index in [4.69, 9.17) is 19.4 Å². The van der Waals surface area contributed by atoms with E-state index in [9.17, 15) is 28.5 Å². The Hall–Kier alpha value is -1.52. The van der Waals surface area contributed by atoms with Crippen molar-refractivity contribution in [2.24, 2.45) is 0 Å². The van der Waals surface area contributed by atoms with Gasteiger partial charge in [-0.2, -0.15) is 13.6 Å². The van der Waals surface area contributed by atoms with Gasteiger partial charge in [0.2, 0.25) is 5.95 Å². The lowest BCUT2D eigenvalue weighted by atomic mass is 10.2. The van der Waals surface area contributed by atoms with E-state index < -0.39 is 54.1 Å². The van der Waals surface area contributed by atoms with Crippen molar-refractivity contribution in [3.05, 3.63) is 16.7 Å². The van der Waals surface area contributed by atoms with Gasteiger partial charge in [0.1, 0.15) is 12.3 Å². The van der Waals surface area contributed by atoms with Crippen molar-refractivity contribution in [3.8, 4) is 0 Å². The summed E-state index contributed by atoms with van der Waals surface area (Å²) in [6.07, 6.45) is -2.23. The Morgan fingerprint density at radius 3 is 2.58 bits per heavy atom. The standard InChI is InChI=1S/C12H20N5O13P3/c1-2-13-12-15-10-9(11(19)16-12)14-5-17(10)8-3-6(18)7(28-8)4-27-32(23,24)30-33(25,26)29-31(20,21)22/h5-8,18H,2-4H2,1H3,(H,23,24)(H,25,26)(H2,20,21,22)(H2,13,15,16,19)/t6-,7+,8+/m0/s1. The quantitative estimate of drug-likeness (QED) is 0.190. The summed E-state index contributed by atoms with van der Waals surface area (Å²) >= 11 is 0. The fourth-order valence-electron chi connectivity index (χ4n) is 2.89. The fraction of sp³-hybridized carbons (Fsp3) is 0.583. The number of phosphoric ester groups is 1. The van der Waals surface area contributed by atoms with Gasteiger partial charge in [0, 0.05) is 13.0 Å². The summed E-state index contributed by atoms with van der Waals surface area (Å²) < 4.78 is 52.5. The van der Waals surface area contributed by atoms with Crippen molar-refractivity contribution in [2.45, 2.75) is 31.8 Å². The van der Waals surface area contributed by atoms with Crippen molar-refractivity contribution >= 4 is 40.6 Å². The highest BCUT2D eigenvalue weighted by molar-refractivity contribution is 7.66. The number of nitrogens with one attached hydrogen (secondary N) is 2. The number of fused-ring (bicyclic) bond motifs is 1. The maximum atomic E-state index is 12.1. The number of aliphatic hydroxyl groups is 1. The number of anilines is 1. The zero-order valence-corrected chi connectivity index (χ0v) is 19.3. The second kappa shape index (κ2) is 9.62. The molecule has 2 aromatic heterocycles. The van der Waals surface area contributed by atoms with Crippen LogP contribution in [0.1, 0.15) is 19.6 Å². The number of hydrogen-bond acceptors (Lipinski definition) is 12. The van der Waals surface area contributed by atoms with Crippen LogP contribution in [0.3, 0.4) is 0 Å². The summed E-state index contributed by atoms with van der Waals surface area (Å²) in [6.45, 7) is 1.44. The van der Waals surface area contributed by atoms with Gasteiger partial charge in [-0.3, -0.25) is 18.9 Å². The van der Waals surface area contributed by atoms with Gasteiger partial charge >= 0.3 is 23.5 Å². The third kappa shape index (κ3) is 6.76. The second-order valence-electron chi connectivity index (χ2n) is 6.59. The molecule has 5 atom stereocenters. The van der Waals surface area contributed by atoms with Crippen molar-refractivity contribution in [2.75, 3.05) is 18.5 Å².